The van der Waals surface area contributed by atoms with Gasteiger partial charge in [-0.05, 0) is 133 Å². The van der Waals surface area contributed by atoms with Crippen molar-refractivity contribution in [2.24, 2.45) is 5.41 Å². The number of carbonyl (C=O) groups excluding carboxylic acids is 5. The Balaban J connectivity index is 0.751. The second-order valence-corrected chi connectivity index (χ2v) is 17.3. The maximum atomic E-state index is 13.6. The van der Waals surface area contributed by atoms with Crippen molar-refractivity contribution in [3.05, 3.63) is 129 Å². The molecular formula is C47H47N5O6. The van der Waals surface area contributed by atoms with E-state index in [1.807, 2.05) is 12.1 Å². The van der Waals surface area contributed by atoms with Crippen molar-refractivity contribution in [2.75, 3.05) is 37.6 Å². The number of likely N-dealkylation sites (tertiary alicyclic amines) is 1. The molecule has 3 fully saturated rings. The van der Waals surface area contributed by atoms with Crippen molar-refractivity contribution >= 4 is 35.2 Å². The smallest absolute Gasteiger partial charge is 0.262 e. The van der Waals surface area contributed by atoms with Gasteiger partial charge in [-0.1, -0.05) is 48.5 Å². The quantitative estimate of drug-likeness (QED) is 0.246. The average Bonchev–Trinajstić information content (AvgIpc) is 3.92. The predicted molar refractivity (Wildman–Crippen MR) is 216 cm³/mol. The molecule has 2 N–H and O–H groups in total. The number of nitrogens with one attached hydrogen (secondary N) is 1. The monoisotopic (exact) mass is 777 g/mol. The van der Waals surface area contributed by atoms with Gasteiger partial charge in [0, 0.05) is 44.2 Å². The van der Waals surface area contributed by atoms with Crippen LogP contribution in [0.2, 0.25) is 0 Å². The van der Waals surface area contributed by atoms with Crippen LogP contribution in [0, 0.1) is 5.41 Å². The topological polar surface area (TPSA) is 131 Å². The molecule has 0 radical (unpaired) electrons. The van der Waals surface area contributed by atoms with Crippen LogP contribution in [-0.4, -0.2) is 88.1 Å². The van der Waals surface area contributed by atoms with Gasteiger partial charge in [0.25, 0.3) is 11.8 Å². The molecule has 0 unspecified atom stereocenters. The van der Waals surface area contributed by atoms with Gasteiger partial charge in [-0.25, -0.2) is 0 Å². The van der Waals surface area contributed by atoms with E-state index in [9.17, 15) is 29.1 Å². The van der Waals surface area contributed by atoms with Crippen molar-refractivity contribution in [1.82, 2.24) is 20.0 Å². The maximum Gasteiger partial charge on any atom is 0.262 e. The van der Waals surface area contributed by atoms with E-state index in [-0.39, 0.29) is 41.2 Å². The van der Waals surface area contributed by atoms with Crippen molar-refractivity contribution in [1.29, 1.82) is 0 Å². The lowest BCUT2D eigenvalue weighted by Crippen LogP contribution is -2.54. The molecule has 11 nitrogen and oxygen atoms in total. The fourth-order valence-electron chi connectivity index (χ4n) is 10.8. The molecule has 58 heavy (non-hydrogen) atoms. The lowest BCUT2D eigenvalue weighted by molar-refractivity contribution is -0.136. The minimum atomic E-state index is -1.00. The SMILES string of the molecule is O=C1CC[C@@H](N2C(=O)c3cc4c(cc3C2=O)CN(C(=O)CN2CCC3(CC2)CCN(c2ccc([C@@H]5c6ccc(O)cc6CC[C@@H]5c5ccccc5)cc2)C3)C4)C(=O)N1. The van der Waals surface area contributed by atoms with Gasteiger partial charge in [0.2, 0.25) is 17.7 Å². The number of carbonyl (C=O) groups is 5. The zero-order valence-electron chi connectivity index (χ0n) is 32.5. The molecule has 10 rings (SSSR count). The van der Waals surface area contributed by atoms with Gasteiger partial charge in [-0.2, -0.15) is 0 Å². The zero-order valence-corrected chi connectivity index (χ0v) is 32.5. The molecule has 1 aliphatic carbocycles. The Kier molecular flexibility index (Phi) is 8.96. The number of phenols is 1. The van der Waals surface area contributed by atoms with E-state index < -0.39 is 29.7 Å². The number of imide groups is 2. The van der Waals surface area contributed by atoms with Gasteiger partial charge >= 0.3 is 0 Å². The third-order valence-corrected chi connectivity index (χ3v) is 14.0. The van der Waals surface area contributed by atoms with Crippen LogP contribution in [0.3, 0.4) is 0 Å². The number of rotatable bonds is 6. The van der Waals surface area contributed by atoms with E-state index in [4.69, 9.17) is 0 Å². The number of hydrogen-bond donors (Lipinski definition) is 2. The zero-order chi connectivity index (χ0) is 39.7. The van der Waals surface area contributed by atoms with Crippen LogP contribution in [0.4, 0.5) is 5.69 Å². The first-order chi connectivity index (χ1) is 28.1. The lowest BCUT2D eigenvalue weighted by Gasteiger charge is -2.39. The first-order valence-electron chi connectivity index (χ1n) is 20.7. The summed E-state index contributed by atoms with van der Waals surface area (Å²) in [6.45, 7) is 4.84. The van der Waals surface area contributed by atoms with Gasteiger partial charge in [0.15, 0.2) is 0 Å². The van der Waals surface area contributed by atoms with Crippen LogP contribution in [-0.2, 0) is 33.9 Å². The highest BCUT2D eigenvalue weighted by Gasteiger charge is 2.46. The number of fused-ring (bicyclic) bond motifs is 3. The van der Waals surface area contributed by atoms with E-state index in [0.29, 0.717) is 31.3 Å². The Morgan fingerprint density at radius 3 is 2.12 bits per heavy atom. The Morgan fingerprint density at radius 1 is 0.741 bits per heavy atom. The fraction of sp³-hybridized carbons (Fsp3) is 0.383. The third-order valence-electron chi connectivity index (χ3n) is 14.0. The van der Waals surface area contributed by atoms with Crippen LogP contribution in [0.25, 0.3) is 0 Å². The summed E-state index contributed by atoms with van der Waals surface area (Å²) in [6, 6.07) is 28.3. The minimum absolute atomic E-state index is 0.0372. The second kappa shape index (κ2) is 14.2. The molecule has 5 amide bonds. The second-order valence-electron chi connectivity index (χ2n) is 17.3. The van der Waals surface area contributed by atoms with Crippen molar-refractivity contribution in [3.63, 3.8) is 0 Å². The maximum absolute atomic E-state index is 13.6. The molecule has 6 aliphatic rings. The highest BCUT2D eigenvalue weighted by atomic mass is 16.3. The first kappa shape index (κ1) is 36.5. The number of phenolic OH excluding ortho intramolecular Hbond substituents is 1. The number of hydrogen-bond acceptors (Lipinski definition) is 8. The lowest BCUT2D eigenvalue weighted by atomic mass is 9.69. The summed E-state index contributed by atoms with van der Waals surface area (Å²) < 4.78 is 0. The van der Waals surface area contributed by atoms with E-state index in [1.54, 1.807) is 17.0 Å². The van der Waals surface area contributed by atoms with E-state index in [1.165, 1.54) is 27.9 Å². The fourth-order valence-corrected chi connectivity index (χ4v) is 10.8. The van der Waals surface area contributed by atoms with E-state index >= 15 is 0 Å². The van der Waals surface area contributed by atoms with Crippen molar-refractivity contribution < 1.29 is 29.1 Å². The third kappa shape index (κ3) is 6.36. The molecule has 5 aliphatic heterocycles. The average molecular weight is 778 g/mol. The Hall–Kier alpha value is -5.81. The summed E-state index contributed by atoms with van der Waals surface area (Å²) in [7, 11) is 0. The summed E-state index contributed by atoms with van der Waals surface area (Å²) in [5.41, 5.74) is 8.87. The number of benzene rings is 4. The Labute approximate surface area is 337 Å². The summed E-state index contributed by atoms with van der Waals surface area (Å²) in [4.78, 5) is 72.0. The number of amides is 5. The summed E-state index contributed by atoms with van der Waals surface area (Å²) in [6.07, 6.45) is 5.40. The molecule has 3 saturated heterocycles. The highest BCUT2D eigenvalue weighted by molar-refractivity contribution is 6.23. The van der Waals surface area contributed by atoms with E-state index in [0.717, 1.165) is 74.3 Å². The molecule has 11 heteroatoms. The molecular weight excluding hydrogens is 731 g/mol. The van der Waals surface area contributed by atoms with Crippen LogP contribution in [0.5, 0.6) is 5.75 Å². The van der Waals surface area contributed by atoms with E-state index in [2.05, 4.69) is 75.8 Å². The van der Waals surface area contributed by atoms with Gasteiger partial charge in [0.05, 0.1) is 17.7 Å². The minimum Gasteiger partial charge on any atom is -0.508 e. The molecule has 4 aromatic rings. The predicted octanol–water partition coefficient (Wildman–Crippen LogP) is 5.49. The Bertz CT molecular complexity index is 2310. The Morgan fingerprint density at radius 2 is 1.43 bits per heavy atom. The van der Waals surface area contributed by atoms with Gasteiger partial charge in [0.1, 0.15) is 11.8 Å². The van der Waals surface area contributed by atoms with Gasteiger partial charge < -0.3 is 14.9 Å². The van der Waals surface area contributed by atoms with Crippen molar-refractivity contribution in [2.45, 2.75) is 75.9 Å². The molecule has 296 valence electrons. The van der Waals surface area contributed by atoms with Crippen LogP contribution in [0.15, 0.2) is 84.9 Å². The molecule has 0 bridgehead atoms. The van der Waals surface area contributed by atoms with Crippen LogP contribution in [0.1, 0.15) is 104 Å². The molecule has 3 atom stereocenters. The van der Waals surface area contributed by atoms with Gasteiger partial charge in [-0.15, -0.1) is 0 Å². The highest BCUT2D eigenvalue weighted by Crippen LogP contribution is 2.48. The number of nitrogens with zero attached hydrogens (tertiary/aromatic N) is 4. The number of piperidine rings is 2. The summed E-state index contributed by atoms with van der Waals surface area (Å²) in [5.74, 6) is -1.14. The number of aryl methyl sites for hydroxylation is 1. The van der Waals surface area contributed by atoms with Crippen LogP contribution < -0.4 is 10.2 Å². The summed E-state index contributed by atoms with van der Waals surface area (Å²) in [5, 5.41) is 12.5. The van der Waals surface area contributed by atoms with Crippen LogP contribution >= 0.6 is 0 Å². The standard InChI is InChI=1S/C47H47N5O6/c53-35-11-13-37-31(22-35)8-12-36(29-4-2-1-3-5-29)43(37)30-6-9-34(10-7-30)50-21-18-47(28-50)16-19-49(20-17-47)27-42(55)51-25-32-23-38-39(24-33(32)26-51)46(58)52(45(38)57)40-14-15-41(54)48-44(40)56/h1-7,9-11,13,22-24,36,40,43,53H,8,12,14-21,25-28H2,(H,48,54,56)/t36-,40-,43+/m1/s1. The number of aromatic hydroxyl groups is 1. The first-order valence-corrected chi connectivity index (χ1v) is 20.7. The number of anilines is 1. The van der Waals surface area contributed by atoms with Gasteiger partial charge in [-0.3, -0.25) is 39.1 Å². The summed E-state index contributed by atoms with van der Waals surface area (Å²) >= 11 is 0. The molecule has 5 heterocycles. The van der Waals surface area contributed by atoms with Crippen molar-refractivity contribution in [3.8, 4) is 5.75 Å². The molecule has 0 saturated carbocycles. The normalized spacial score (nSPS) is 23.9. The largest absolute Gasteiger partial charge is 0.508 e. The molecule has 4 aromatic carbocycles. The molecule has 1 spiro atoms. The molecule has 0 aromatic heterocycles.